The van der Waals surface area contributed by atoms with Crippen molar-refractivity contribution in [2.45, 2.75) is 72.3 Å². The standard InChI is InChI=1S/C45H42N3O2.Pt/c1-26(2)48-36-16-11-15-31(42(36)47-43(48)35-24-29(44(3,4)5)18-19-37(35)49)28-22-33(40-32-14-9-10-17-38(32)50-39(40)23-28)34-25-30(45(6,7)8)21-27-13-12-20-46-41(27)34;/h9-21,23-26,49H,1-8H3;/q-1;. The fraction of sp³-hybridized carbons (Fsp3) is 0.244. The number of nitrogens with zero attached hydrogens (tertiary/aromatic N) is 3. The molecule has 0 atom stereocenters. The van der Waals surface area contributed by atoms with Crippen LogP contribution in [0, 0.1) is 6.07 Å². The molecule has 6 heteroatoms. The van der Waals surface area contributed by atoms with Gasteiger partial charge in [-0.3, -0.25) is 4.98 Å². The number of pyridine rings is 1. The molecule has 0 spiro atoms. The van der Waals surface area contributed by atoms with Gasteiger partial charge in [0, 0.05) is 38.8 Å². The number of aromatic hydroxyl groups is 1. The number of hydrogen-bond acceptors (Lipinski definition) is 4. The van der Waals surface area contributed by atoms with Crippen LogP contribution in [0.15, 0.2) is 102 Å². The Bertz CT molecular complexity index is 2610. The Morgan fingerprint density at radius 1 is 0.725 bits per heavy atom. The molecule has 8 rings (SSSR count). The molecule has 0 unspecified atom stereocenters. The zero-order chi connectivity index (χ0) is 35.1. The van der Waals surface area contributed by atoms with Gasteiger partial charge in [-0.2, -0.15) is 0 Å². The van der Waals surface area contributed by atoms with E-state index in [2.05, 4.69) is 127 Å². The fourth-order valence-electron chi connectivity index (χ4n) is 7.18. The molecular formula is C45H42N3O2Pt-. The van der Waals surface area contributed by atoms with Crippen molar-refractivity contribution in [3.8, 4) is 39.4 Å². The molecule has 8 aromatic rings. The minimum atomic E-state index is -0.0844. The summed E-state index contributed by atoms with van der Waals surface area (Å²) in [5.41, 5.74) is 11.1. The third-order valence-corrected chi connectivity index (χ3v) is 9.88. The number of phenols is 1. The summed E-state index contributed by atoms with van der Waals surface area (Å²) in [5.74, 6) is 0.955. The molecule has 0 aliphatic heterocycles. The van der Waals surface area contributed by atoms with Crippen molar-refractivity contribution in [1.82, 2.24) is 14.5 Å². The van der Waals surface area contributed by atoms with Gasteiger partial charge in [-0.1, -0.05) is 113 Å². The van der Waals surface area contributed by atoms with E-state index in [-0.39, 0.29) is 43.7 Å². The van der Waals surface area contributed by atoms with Crippen LogP contribution in [-0.4, -0.2) is 19.6 Å². The van der Waals surface area contributed by atoms with Crippen LogP contribution in [0.4, 0.5) is 0 Å². The van der Waals surface area contributed by atoms with E-state index in [0.29, 0.717) is 0 Å². The van der Waals surface area contributed by atoms with E-state index in [9.17, 15) is 5.11 Å². The first-order chi connectivity index (χ1) is 23.8. The van der Waals surface area contributed by atoms with Crippen LogP contribution in [0.25, 0.3) is 77.5 Å². The first-order valence-electron chi connectivity index (χ1n) is 17.4. The Kier molecular flexibility index (Phi) is 8.50. The smallest absolute Gasteiger partial charge is 0.144 e. The monoisotopic (exact) mass is 851 g/mol. The predicted molar refractivity (Wildman–Crippen MR) is 207 cm³/mol. The van der Waals surface area contributed by atoms with Crippen molar-refractivity contribution in [2.75, 3.05) is 0 Å². The SMILES string of the molecule is CC(C)n1c(-c2cc(C(C)(C)C)ccc2O)nc2c(-c3[c-]c(-c4cc(C(C)(C)C)cc5cccnc45)c4c(c3)oc3ccccc34)cccc21.[Pt]. The second-order valence-electron chi connectivity index (χ2n) is 15.8. The minimum Gasteiger partial charge on any atom is -0.507 e. The second kappa shape index (κ2) is 12.5. The molecule has 5 aromatic carbocycles. The Balaban J connectivity index is 0.00000406. The molecule has 260 valence electrons. The van der Waals surface area contributed by atoms with Crippen LogP contribution in [0.1, 0.15) is 72.6 Å². The molecule has 0 radical (unpaired) electrons. The van der Waals surface area contributed by atoms with E-state index in [1.807, 2.05) is 30.5 Å². The fourth-order valence-corrected chi connectivity index (χ4v) is 7.18. The average molecular weight is 852 g/mol. The van der Waals surface area contributed by atoms with Crippen molar-refractivity contribution in [3.63, 3.8) is 0 Å². The summed E-state index contributed by atoms with van der Waals surface area (Å²) in [4.78, 5) is 10.2. The summed E-state index contributed by atoms with van der Waals surface area (Å²) in [5, 5.41) is 14.4. The van der Waals surface area contributed by atoms with Crippen molar-refractivity contribution >= 4 is 43.9 Å². The van der Waals surface area contributed by atoms with Gasteiger partial charge in [0.05, 0.1) is 22.2 Å². The maximum absolute atomic E-state index is 11.2. The summed E-state index contributed by atoms with van der Waals surface area (Å²) in [6.45, 7) is 17.6. The molecule has 1 N–H and O–H groups in total. The van der Waals surface area contributed by atoms with E-state index in [1.165, 1.54) is 5.56 Å². The predicted octanol–water partition coefficient (Wildman–Crippen LogP) is 12.2. The zero-order valence-electron chi connectivity index (χ0n) is 30.3. The molecule has 3 heterocycles. The van der Waals surface area contributed by atoms with Crippen LogP contribution in [0.5, 0.6) is 5.75 Å². The number of hydrogen-bond donors (Lipinski definition) is 1. The van der Waals surface area contributed by atoms with Crippen LogP contribution < -0.4 is 0 Å². The maximum atomic E-state index is 11.2. The number of para-hydroxylation sites is 2. The molecule has 0 saturated heterocycles. The topological polar surface area (TPSA) is 64.1 Å². The van der Waals surface area contributed by atoms with Crippen molar-refractivity contribution in [3.05, 3.63) is 114 Å². The Labute approximate surface area is 313 Å². The molecule has 0 aliphatic carbocycles. The van der Waals surface area contributed by atoms with Crippen LogP contribution in [-0.2, 0) is 31.9 Å². The van der Waals surface area contributed by atoms with Crippen molar-refractivity contribution in [1.29, 1.82) is 0 Å². The van der Waals surface area contributed by atoms with Gasteiger partial charge < -0.3 is 14.1 Å². The van der Waals surface area contributed by atoms with Crippen LogP contribution in [0.3, 0.4) is 0 Å². The van der Waals surface area contributed by atoms with Gasteiger partial charge in [0.15, 0.2) is 0 Å². The van der Waals surface area contributed by atoms with Gasteiger partial charge in [0.1, 0.15) is 17.2 Å². The zero-order valence-corrected chi connectivity index (χ0v) is 32.6. The van der Waals surface area contributed by atoms with Gasteiger partial charge >= 0.3 is 0 Å². The van der Waals surface area contributed by atoms with Crippen LogP contribution in [0.2, 0.25) is 0 Å². The number of phenolic OH excluding ortho intramolecular Hbond substituents is 1. The molecule has 51 heavy (non-hydrogen) atoms. The summed E-state index contributed by atoms with van der Waals surface area (Å²) < 4.78 is 8.82. The molecule has 0 bridgehead atoms. The molecule has 3 aromatic heterocycles. The number of furan rings is 1. The third kappa shape index (κ3) is 5.86. The van der Waals surface area contributed by atoms with E-state index < -0.39 is 0 Å². The number of fused-ring (bicyclic) bond motifs is 5. The Morgan fingerprint density at radius 2 is 1.47 bits per heavy atom. The quantitative estimate of drug-likeness (QED) is 0.179. The van der Waals surface area contributed by atoms with Crippen molar-refractivity contribution < 1.29 is 30.6 Å². The second-order valence-corrected chi connectivity index (χ2v) is 15.8. The molecule has 0 saturated carbocycles. The van der Waals surface area contributed by atoms with E-state index in [1.54, 1.807) is 6.07 Å². The van der Waals surface area contributed by atoms with Gasteiger partial charge in [0.25, 0.3) is 0 Å². The largest absolute Gasteiger partial charge is 0.507 e. The van der Waals surface area contributed by atoms with Gasteiger partial charge in [-0.05, 0) is 82.3 Å². The first-order valence-corrected chi connectivity index (χ1v) is 17.4. The van der Waals surface area contributed by atoms with Gasteiger partial charge in [-0.15, -0.1) is 17.2 Å². The summed E-state index contributed by atoms with van der Waals surface area (Å²) in [7, 11) is 0. The average Bonchev–Trinajstić information content (AvgIpc) is 3.65. The van der Waals surface area contributed by atoms with E-state index in [4.69, 9.17) is 14.4 Å². The first kappa shape index (κ1) is 34.7. The van der Waals surface area contributed by atoms with Gasteiger partial charge in [-0.25, -0.2) is 4.98 Å². The molecular weight excluding hydrogens is 810 g/mol. The van der Waals surface area contributed by atoms with Crippen LogP contribution >= 0.6 is 0 Å². The molecule has 0 aliphatic rings. The number of imidazole rings is 1. The maximum Gasteiger partial charge on any atom is 0.144 e. The number of rotatable bonds is 4. The normalized spacial score (nSPS) is 12.4. The number of aromatic nitrogens is 3. The summed E-state index contributed by atoms with van der Waals surface area (Å²) in [6.07, 6.45) is 1.86. The number of benzene rings is 5. The third-order valence-electron chi connectivity index (χ3n) is 9.88. The molecule has 0 amide bonds. The molecule has 5 nitrogen and oxygen atoms in total. The van der Waals surface area contributed by atoms with E-state index >= 15 is 0 Å². The summed E-state index contributed by atoms with van der Waals surface area (Å²) in [6, 6.07) is 35.2. The Morgan fingerprint density at radius 3 is 2.22 bits per heavy atom. The minimum absolute atomic E-state index is 0. The van der Waals surface area contributed by atoms with E-state index in [0.717, 1.165) is 83.1 Å². The molecule has 0 fully saturated rings. The Hall–Kier alpha value is -4.73. The summed E-state index contributed by atoms with van der Waals surface area (Å²) >= 11 is 0. The van der Waals surface area contributed by atoms with Gasteiger partial charge in [0.2, 0.25) is 0 Å². The van der Waals surface area contributed by atoms with Crippen molar-refractivity contribution in [2.24, 2.45) is 0 Å².